The van der Waals surface area contributed by atoms with Gasteiger partial charge in [-0.1, -0.05) is 21.4 Å². The molecule has 0 atom stereocenters. The lowest BCUT2D eigenvalue weighted by Crippen LogP contribution is -2.06. The molecule has 0 aliphatic carbocycles. The van der Waals surface area contributed by atoms with Gasteiger partial charge in [-0.25, -0.2) is 4.79 Å². The van der Waals surface area contributed by atoms with Crippen molar-refractivity contribution >= 4 is 5.97 Å². The molecule has 74 valence electrons. The maximum Gasteiger partial charge on any atom is 0.333 e. The molecule has 0 fully saturated rings. The third-order valence-electron chi connectivity index (χ3n) is 0.884. The van der Waals surface area contributed by atoms with Crippen LogP contribution in [-0.2, 0) is 9.53 Å². The summed E-state index contributed by atoms with van der Waals surface area (Å²) in [5, 5.41) is 8.30. The molecule has 0 amide bonds. The van der Waals surface area contributed by atoms with Crippen LogP contribution in [0.15, 0.2) is 12.2 Å². The molecule has 0 radical (unpaired) electrons. The summed E-state index contributed by atoms with van der Waals surface area (Å²) in [5.41, 5.74) is 0.387. The van der Waals surface area contributed by atoms with Crippen LogP contribution in [0.25, 0.3) is 0 Å². The molecule has 0 aromatic heterocycles. The number of rotatable bonds is 4. The first-order chi connectivity index (χ1) is 4.68. The highest BCUT2D eigenvalue weighted by Gasteiger charge is 2.00. The Bertz CT molecular complexity index is 130. The van der Waals surface area contributed by atoms with E-state index in [4.69, 9.17) is 5.11 Å². The minimum absolute atomic E-state index is 0. The fourth-order valence-electron chi connectivity index (χ4n) is 0.353. The molecule has 0 aliphatic rings. The molecule has 0 heterocycles. The monoisotopic (exact) mass is 176 g/mol. The zero-order chi connectivity index (χ0) is 7.98. The summed E-state index contributed by atoms with van der Waals surface area (Å²) < 4.78 is 4.65. The van der Waals surface area contributed by atoms with Crippen LogP contribution in [0.5, 0.6) is 0 Å². The fraction of sp³-hybridized carbons (Fsp3) is 0.667. The second-order valence-corrected chi connectivity index (χ2v) is 1.99. The first-order valence-corrected chi connectivity index (χ1v) is 3.12. The fourth-order valence-corrected chi connectivity index (χ4v) is 0.353. The van der Waals surface area contributed by atoms with Crippen molar-refractivity contribution in [1.82, 2.24) is 0 Å². The molecule has 1 N–H and O–H groups in total. The molecule has 0 aromatic carbocycles. The van der Waals surface area contributed by atoms with E-state index in [-0.39, 0.29) is 28.1 Å². The Kier molecular flexibility index (Phi) is 14.7. The maximum atomic E-state index is 10.6. The number of carbonyl (C=O) groups is 1. The summed E-state index contributed by atoms with van der Waals surface area (Å²) in [7, 11) is 0. The van der Waals surface area contributed by atoms with Gasteiger partial charge in [-0.05, 0) is 6.92 Å². The van der Waals surface area contributed by atoms with Crippen LogP contribution in [0.1, 0.15) is 28.2 Å². The van der Waals surface area contributed by atoms with E-state index in [0.717, 1.165) is 0 Å². The van der Waals surface area contributed by atoms with Gasteiger partial charge in [-0.2, -0.15) is 0 Å². The van der Waals surface area contributed by atoms with Gasteiger partial charge in [0.25, 0.3) is 0 Å². The van der Waals surface area contributed by atoms with Crippen LogP contribution in [-0.4, -0.2) is 24.3 Å². The van der Waals surface area contributed by atoms with Crippen molar-refractivity contribution in [2.75, 3.05) is 13.2 Å². The molecule has 12 heavy (non-hydrogen) atoms. The molecule has 0 spiro atoms. The van der Waals surface area contributed by atoms with Crippen molar-refractivity contribution in [3.05, 3.63) is 12.2 Å². The van der Waals surface area contributed by atoms with Gasteiger partial charge in [0.1, 0.15) is 0 Å². The average Bonchev–Trinajstić information content (AvgIpc) is 1.88. The van der Waals surface area contributed by atoms with Gasteiger partial charge in [-0.3, -0.25) is 0 Å². The Labute approximate surface area is 75.1 Å². The number of aliphatic hydroxyl groups is 1. The Morgan fingerprint density at radius 3 is 2.33 bits per heavy atom. The van der Waals surface area contributed by atoms with E-state index < -0.39 is 5.97 Å². The first kappa shape index (κ1) is 17.3. The zero-order valence-corrected chi connectivity index (χ0v) is 6.09. The maximum absolute atomic E-state index is 10.6. The molecular weight excluding hydrogens is 156 g/mol. The molecule has 3 heteroatoms. The Morgan fingerprint density at radius 2 is 2.00 bits per heavy atom. The molecule has 3 nitrogen and oxygen atoms in total. The predicted molar refractivity (Wildman–Crippen MR) is 50.9 cm³/mol. The van der Waals surface area contributed by atoms with Gasteiger partial charge in [-0.15, -0.1) is 0 Å². The van der Waals surface area contributed by atoms with Crippen LogP contribution < -0.4 is 0 Å². The highest BCUT2D eigenvalue weighted by Crippen LogP contribution is 1.92. The van der Waals surface area contributed by atoms with Gasteiger partial charge in [0.15, 0.2) is 0 Å². The van der Waals surface area contributed by atoms with E-state index in [0.29, 0.717) is 12.0 Å². The first-order valence-electron chi connectivity index (χ1n) is 3.12. The number of aliphatic hydroxyl groups excluding tert-OH is 1. The van der Waals surface area contributed by atoms with Crippen LogP contribution in [0.3, 0.4) is 0 Å². The normalized spacial score (nSPS) is 7.50. The molecule has 0 unspecified atom stereocenters. The predicted octanol–water partition coefficient (Wildman–Crippen LogP) is 1.76. The van der Waals surface area contributed by atoms with Crippen LogP contribution in [0.4, 0.5) is 0 Å². The van der Waals surface area contributed by atoms with E-state index in [1.54, 1.807) is 6.92 Å². The van der Waals surface area contributed by atoms with Crippen LogP contribution in [0.2, 0.25) is 0 Å². The number of hydrogen-bond donors (Lipinski definition) is 1. The van der Waals surface area contributed by atoms with E-state index >= 15 is 0 Å². The smallest absolute Gasteiger partial charge is 0.333 e. The molecule has 0 bridgehead atoms. The van der Waals surface area contributed by atoms with Crippen LogP contribution >= 0.6 is 0 Å². The number of esters is 1. The van der Waals surface area contributed by atoms with Gasteiger partial charge in [0.2, 0.25) is 0 Å². The molecule has 0 aromatic rings. The Balaban J connectivity index is -0.000000405. The summed E-state index contributed by atoms with van der Waals surface area (Å²) in [5.74, 6) is -0.395. The van der Waals surface area contributed by atoms with E-state index in [9.17, 15) is 4.79 Å². The average molecular weight is 176 g/mol. The molecule has 0 rings (SSSR count). The van der Waals surface area contributed by atoms with Crippen molar-refractivity contribution in [2.45, 2.75) is 28.2 Å². The van der Waals surface area contributed by atoms with Gasteiger partial charge in [0.05, 0.1) is 6.61 Å². The summed E-state index contributed by atoms with van der Waals surface area (Å²) in [6, 6.07) is 0. The van der Waals surface area contributed by atoms with Crippen molar-refractivity contribution in [3.8, 4) is 0 Å². The highest BCUT2D eigenvalue weighted by molar-refractivity contribution is 5.86. The Morgan fingerprint density at radius 1 is 1.50 bits per heavy atom. The lowest BCUT2D eigenvalue weighted by molar-refractivity contribution is -0.139. The SMILES string of the molecule is C.C.C=C(C)C(=O)OCCCO. The molecular formula is C9H20O3. The lowest BCUT2D eigenvalue weighted by atomic mass is 10.4. The van der Waals surface area contributed by atoms with Crippen LogP contribution in [0, 0.1) is 0 Å². The standard InChI is InChI=1S/C7H12O3.2CH4/c1-6(2)7(9)10-5-3-4-8;;/h8H,1,3-5H2,2H3;2*1H4. The summed E-state index contributed by atoms with van der Waals surface area (Å²) >= 11 is 0. The molecule has 0 aliphatic heterocycles. The summed E-state index contributed by atoms with van der Waals surface area (Å²) in [4.78, 5) is 10.6. The number of hydrogen-bond acceptors (Lipinski definition) is 3. The van der Waals surface area contributed by atoms with Crippen molar-refractivity contribution in [3.63, 3.8) is 0 Å². The summed E-state index contributed by atoms with van der Waals surface area (Å²) in [6.45, 7) is 5.29. The number of carbonyl (C=O) groups excluding carboxylic acids is 1. The van der Waals surface area contributed by atoms with Gasteiger partial charge >= 0.3 is 5.97 Å². The van der Waals surface area contributed by atoms with Crippen molar-refractivity contribution < 1.29 is 14.6 Å². The summed E-state index contributed by atoms with van der Waals surface area (Å²) in [6.07, 6.45) is 0.485. The Hall–Kier alpha value is -0.830. The van der Waals surface area contributed by atoms with Crippen molar-refractivity contribution in [2.24, 2.45) is 0 Å². The van der Waals surface area contributed by atoms with Gasteiger partial charge in [0, 0.05) is 18.6 Å². The van der Waals surface area contributed by atoms with E-state index in [1.165, 1.54) is 0 Å². The largest absolute Gasteiger partial charge is 0.462 e. The quantitative estimate of drug-likeness (QED) is 0.403. The van der Waals surface area contributed by atoms with E-state index in [2.05, 4.69) is 11.3 Å². The zero-order valence-electron chi connectivity index (χ0n) is 6.09. The minimum atomic E-state index is -0.395. The number of ether oxygens (including phenoxy) is 1. The van der Waals surface area contributed by atoms with Crippen molar-refractivity contribution in [1.29, 1.82) is 0 Å². The molecule has 0 saturated carbocycles. The van der Waals surface area contributed by atoms with Gasteiger partial charge < -0.3 is 9.84 Å². The third-order valence-corrected chi connectivity index (χ3v) is 0.884. The second-order valence-electron chi connectivity index (χ2n) is 1.99. The lowest BCUT2D eigenvalue weighted by Gasteiger charge is -2.00. The minimum Gasteiger partial charge on any atom is -0.462 e. The molecule has 0 saturated heterocycles. The third kappa shape index (κ3) is 9.17. The second kappa shape index (κ2) is 10.2. The highest BCUT2D eigenvalue weighted by atomic mass is 16.5. The van der Waals surface area contributed by atoms with E-state index in [1.807, 2.05) is 0 Å². The topological polar surface area (TPSA) is 46.5 Å².